The molecular formula is C32H54N2O6. The summed E-state index contributed by atoms with van der Waals surface area (Å²) in [6, 6.07) is 0. The molecule has 0 atom stereocenters. The summed E-state index contributed by atoms with van der Waals surface area (Å²) < 4.78 is 4.83. The van der Waals surface area contributed by atoms with Gasteiger partial charge in [0.15, 0.2) is 11.6 Å². The van der Waals surface area contributed by atoms with E-state index in [-0.39, 0.29) is 30.4 Å². The van der Waals surface area contributed by atoms with E-state index in [1.807, 2.05) is 6.92 Å². The average molecular weight is 563 g/mol. The summed E-state index contributed by atoms with van der Waals surface area (Å²) in [6.45, 7) is 4.26. The van der Waals surface area contributed by atoms with Crippen LogP contribution in [0.1, 0.15) is 123 Å². The Hall–Kier alpha value is -2.48. The lowest BCUT2D eigenvalue weighted by atomic mass is 9.79. The van der Waals surface area contributed by atoms with Crippen LogP contribution in [0.3, 0.4) is 0 Å². The van der Waals surface area contributed by atoms with Gasteiger partial charge in [-0.25, -0.2) is 4.79 Å². The quantitative estimate of drug-likeness (QED) is 0.0355. The second-order valence-electron chi connectivity index (χ2n) is 10.7. The molecule has 0 aromatic heterocycles. The highest BCUT2D eigenvalue weighted by Crippen LogP contribution is 2.33. The molecule has 1 rings (SSSR count). The molecule has 0 aliphatic heterocycles. The highest BCUT2D eigenvalue weighted by Gasteiger charge is 2.35. The number of allylic oxidation sites excluding steroid dienone is 2. The van der Waals surface area contributed by atoms with Crippen LogP contribution in [-0.2, 0) is 24.1 Å². The maximum absolute atomic E-state index is 13.8. The van der Waals surface area contributed by atoms with E-state index >= 15 is 0 Å². The van der Waals surface area contributed by atoms with Crippen LogP contribution in [0.15, 0.2) is 27.3 Å². The lowest BCUT2D eigenvalue weighted by Gasteiger charge is -2.26. The van der Waals surface area contributed by atoms with Gasteiger partial charge in [-0.2, -0.15) is 4.89 Å². The predicted octanol–water partition coefficient (Wildman–Crippen LogP) is 7.71. The fourth-order valence-corrected chi connectivity index (χ4v) is 5.22. The number of carbonyl (C=O) groups is 3. The van der Waals surface area contributed by atoms with Crippen LogP contribution < -0.4 is 0 Å². The highest BCUT2D eigenvalue weighted by atomic mass is 17.2. The van der Waals surface area contributed by atoms with Gasteiger partial charge in [0.1, 0.15) is 0 Å². The third-order valence-electron chi connectivity index (χ3n) is 7.49. The van der Waals surface area contributed by atoms with Gasteiger partial charge in [0.2, 0.25) is 5.90 Å². The number of nitrogens with zero attached hydrogens (tertiary/aromatic N) is 2. The van der Waals surface area contributed by atoms with Crippen LogP contribution >= 0.6 is 0 Å². The zero-order chi connectivity index (χ0) is 29.8. The molecule has 228 valence electrons. The van der Waals surface area contributed by atoms with E-state index in [4.69, 9.17) is 14.5 Å². The average Bonchev–Trinajstić information content (AvgIpc) is 2.95. The Morgan fingerprint density at radius 3 is 1.68 bits per heavy atom. The van der Waals surface area contributed by atoms with Gasteiger partial charge >= 0.3 is 6.09 Å². The normalized spacial score (nSPS) is 14.3. The summed E-state index contributed by atoms with van der Waals surface area (Å²) in [6.07, 6.45) is 17.3. The van der Waals surface area contributed by atoms with Gasteiger partial charge in [-0.1, -0.05) is 97.3 Å². The van der Waals surface area contributed by atoms with Crippen molar-refractivity contribution in [3.05, 3.63) is 22.3 Å². The van der Waals surface area contributed by atoms with E-state index in [0.717, 1.165) is 19.3 Å². The molecular weight excluding hydrogens is 508 g/mol. The molecule has 8 nitrogen and oxygen atoms in total. The van der Waals surface area contributed by atoms with E-state index in [1.54, 1.807) is 14.1 Å². The molecule has 0 aromatic carbocycles. The highest BCUT2D eigenvalue weighted by molar-refractivity contribution is 6.26. The molecule has 0 saturated carbocycles. The Bertz CT molecular complexity index is 890. The molecule has 1 aliphatic carbocycles. The first-order chi connectivity index (χ1) is 19.4. The Balaban J connectivity index is 2.85. The Labute approximate surface area is 242 Å². The lowest BCUT2D eigenvalue weighted by molar-refractivity contribution is -0.195. The largest absolute Gasteiger partial charge is 0.453 e. The van der Waals surface area contributed by atoms with Crippen LogP contribution in [0.4, 0.5) is 4.79 Å². The number of likely N-dealkylation sites (N-methyl/N-ethyl adjacent to an activating group) is 1. The van der Waals surface area contributed by atoms with E-state index < -0.39 is 6.09 Å². The molecule has 0 aromatic rings. The van der Waals surface area contributed by atoms with Crippen LogP contribution in [0, 0.1) is 0 Å². The SMILES string of the molecule is CCCCCCCCCCCCCCCC1=C(CN(C)C(=O)OC)C(=O)C(CCC)=C(CC(=NC)OOC)C1=O. The fourth-order valence-electron chi connectivity index (χ4n) is 5.22. The van der Waals surface area contributed by atoms with Crippen LogP contribution in [0.25, 0.3) is 0 Å². The summed E-state index contributed by atoms with van der Waals surface area (Å²) >= 11 is 0. The number of rotatable bonds is 21. The molecule has 0 unspecified atom stereocenters. The van der Waals surface area contributed by atoms with Gasteiger partial charge in [0.05, 0.1) is 27.2 Å². The number of carbonyl (C=O) groups excluding carboxylic acids is 3. The molecule has 0 heterocycles. The summed E-state index contributed by atoms with van der Waals surface area (Å²) in [7, 11) is 5.82. The molecule has 0 saturated heterocycles. The number of amides is 1. The Morgan fingerprint density at radius 1 is 0.700 bits per heavy atom. The zero-order valence-electron chi connectivity index (χ0n) is 26.1. The number of ketones is 2. The van der Waals surface area contributed by atoms with Crippen molar-refractivity contribution in [1.29, 1.82) is 0 Å². The second kappa shape index (κ2) is 21.3. The minimum atomic E-state index is -0.547. The van der Waals surface area contributed by atoms with E-state index in [0.29, 0.717) is 41.6 Å². The summed E-state index contributed by atoms with van der Waals surface area (Å²) in [5.74, 6) is -0.0939. The minimum Gasteiger partial charge on any atom is -0.453 e. The van der Waals surface area contributed by atoms with Crippen LogP contribution in [0.5, 0.6) is 0 Å². The molecule has 0 spiro atoms. The van der Waals surface area contributed by atoms with E-state index in [9.17, 15) is 14.4 Å². The van der Waals surface area contributed by atoms with Gasteiger partial charge in [-0.15, -0.1) is 0 Å². The van der Waals surface area contributed by atoms with Gasteiger partial charge in [0.25, 0.3) is 0 Å². The van der Waals surface area contributed by atoms with Crippen molar-refractivity contribution in [2.75, 3.05) is 34.9 Å². The number of unbranched alkanes of at least 4 members (excludes halogenated alkanes) is 12. The predicted molar refractivity (Wildman–Crippen MR) is 160 cm³/mol. The van der Waals surface area contributed by atoms with E-state index in [2.05, 4.69) is 11.9 Å². The second-order valence-corrected chi connectivity index (χ2v) is 10.7. The Morgan fingerprint density at radius 2 is 1.20 bits per heavy atom. The van der Waals surface area contributed by atoms with Crippen molar-refractivity contribution < 1.29 is 28.9 Å². The fraction of sp³-hybridized carbons (Fsp3) is 0.750. The molecule has 0 fully saturated rings. The third-order valence-corrected chi connectivity index (χ3v) is 7.49. The number of aliphatic imine (C=N–C) groups is 1. The first kappa shape index (κ1) is 35.5. The van der Waals surface area contributed by atoms with Crippen molar-refractivity contribution in [2.45, 2.75) is 123 Å². The van der Waals surface area contributed by atoms with Crippen molar-refractivity contribution in [2.24, 2.45) is 4.99 Å². The van der Waals surface area contributed by atoms with Gasteiger partial charge in [-0.3, -0.25) is 14.6 Å². The summed E-state index contributed by atoms with van der Waals surface area (Å²) in [5, 5.41) is 0. The zero-order valence-corrected chi connectivity index (χ0v) is 26.1. The molecule has 0 N–H and O–H groups in total. The lowest BCUT2D eigenvalue weighted by Crippen LogP contribution is -2.35. The molecule has 40 heavy (non-hydrogen) atoms. The van der Waals surface area contributed by atoms with Crippen molar-refractivity contribution in [3.8, 4) is 0 Å². The smallest absolute Gasteiger partial charge is 0.409 e. The van der Waals surface area contributed by atoms with Gasteiger partial charge in [0, 0.05) is 36.4 Å². The monoisotopic (exact) mass is 562 g/mol. The van der Waals surface area contributed by atoms with Crippen molar-refractivity contribution in [1.82, 2.24) is 4.90 Å². The number of hydrogen-bond donors (Lipinski definition) is 0. The molecule has 0 radical (unpaired) electrons. The number of Topliss-reactive ketones (excluding diaryl/α,β-unsaturated/α-hetero) is 2. The Kier molecular flexibility index (Phi) is 18.9. The molecule has 8 heteroatoms. The van der Waals surface area contributed by atoms with Crippen LogP contribution in [0.2, 0.25) is 0 Å². The van der Waals surface area contributed by atoms with Crippen molar-refractivity contribution in [3.63, 3.8) is 0 Å². The first-order valence-electron chi connectivity index (χ1n) is 15.3. The molecule has 1 aliphatic rings. The van der Waals surface area contributed by atoms with Gasteiger partial charge in [-0.05, 0) is 19.3 Å². The third kappa shape index (κ3) is 12.4. The maximum atomic E-state index is 13.8. The summed E-state index contributed by atoms with van der Waals surface area (Å²) in [5.41, 5.74) is 1.77. The standard InChI is InChI=1S/C32H54N2O6/c1-7-9-10-11-12-13-14-15-16-17-18-19-20-22-26-28(24-34(4)32(37)38-5)31(36)25(21-8-2)27(30(26)35)23-29(33-3)40-39-6/h7-24H2,1-6H3. The molecule has 0 bridgehead atoms. The summed E-state index contributed by atoms with van der Waals surface area (Å²) in [4.78, 5) is 55.0. The molecule has 1 amide bonds. The van der Waals surface area contributed by atoms with Gasteiger partial charge < -0.3 is 14.5 Å². The number of hydrogen-bond acceptors (Lipinski definition) is 7. The first-order valence-corrected chi connectivity index (χ1v) is 15.3. The number of methoxy groups -OCH3 is 1. The topological polar surface area (TPSA) is 94.5 Å². The van der Waals surface area contributed by atoms with E-state index in [1.165, 1.54) is 83.3 Å². The van der Waals surface area contributed by atoms with Crippen molar-refractivity contribution >= 4 is 23.6 Å². The maximum Gasteiger partial charge on any atom is 0.409 e. The number of ether oxygens (including phenoxy) is 1. The van der Waals surface area contributed by atoms with Crippen LogP contribution in [-0.4, -0.2) is 63.3 Å². The minimum absolute atomic E-state index is 0.0365.